The van der Waals surface area contributed by atoms with Crippen LogP contribution in [0.3, 0.4) is 0 Å². The first kappa shape index (κ1) is 10.6. The summed E-state index contributed by atoms with van der Waals surface area (Å²) in [5, 5.41) is 0. The quantitative estimate of drug-likeness (QED) is 0.784. The molecule has 0 radical (unpaired) electrons. The molecule has 0 spiro atoms. The zero-order valence-electron chi connectivity index (χ0n) is 9.59. The third-order valence-electron chi connectivity index (χ3n) is 2.43. The molecule has 0 bridgehead atoms. The Labute approximate surface area is 95.8 Å². The van der Waals surface area contributed by atoms with Gasteiger partial charge in [0.15, 0.2) is 0 Å². The van der Waals surface area contributed by atoms with E-state index >= 15 is 0 Å². The van der Waals surface area contributed by atoms with Gasteiger partial charge in [-0.1, -0.05) is 29.8 Å². The maximum Gasteiger partial charge on any atom is 0.225 e. The first-order chi connectivity index (χ1) is 7.75. The van der Waals surface area contributed by atoms with Gasteiger partial charge < -0.3 is 4.90 Å². The zero-order valence-corrected chi connectivity index (χ0v) is 9.59. The van der Waals surface area contributed by atoms with Crippen LogP contribution in [0.1, 0.15) is 11.1 Å². The highest BCUT2D eigenvalue weighted by molar-refractivity contribution is 5.31. The lowest BCUT2D eigenvalue weighted by molar-refractivity contribution is 0.866. The molecule has 3 nitrogen and oxygen atoms in total. The molecule has 0 saturated carbocycles. The molecule has 0 unspecified atom stereocenters. The zero-order chi connectivity index (χ0) is 11.4. The van der Waals surface area contributed by atoms with Gasteiger partial charge in [0, 0.05) is 26.0 Å². The molecular formula is C13H15N3. The smallest absolute Gasteiger partial charge is 0.225 e. The Morgan fingerprint density at radius 2 is 1.69 bits per heavy atom. The molecule has 2 aromatic rings. The fraction of sp³-hybridized carbons (Fsp3) is 0.231. The molecular weight excluding hydrogens is 198 g/mol. The Kier molecular flexibility index (Phi) is 3.15. The van der Waals surface area contributed by atoms with E-state index in [0.29, 0.717) is 0 Å². The van der Waals surface area contributed by atoms with Crippen molar-refractivity contribution in [3.05, 3.63) is 53.9 Å². The van der Waals surface area contributed by atoms with Crippen LogP contribution in [0.4, 0.5) is 5.95 Å². The molecule has 1 aromatic carbocycles. The number of rotatable bonds is 3. The maximum absolute atomic E-state index is 4.21. The van der Waals surface area contributed by atoms with Crippen molar-refractivity contribution < 1.29 is 0 Å². The lowest BCUT2D eigenvalue weighted by atomic mass is 10.1. The lowest BCUT2D eigenvalue weighted by Crippen LogP contribution is -2.18. The van der Waals surface area contributed by atoms with E-state index in [1.165, 1.54) is 11.1 Å². The fourth-order valence-corrected chi connectivity index (χ4v) is 1.53. The highest BCUT2D eigenvalue weighted by Gasteiger charge is 2.03. The highest BCUT2D eigenvalue weighted by Crippen LogP contribution is 2.09. The number of aromatic nitrogens is 2. The van der Waals surface area contributed by atoms with E-state index in [4.69, 9.17) is 0 Å². The van der Waals surface area contributed by atoms with Crippen molar-refractivity contribution in [3.63, 3.8) is 0 Å². The summed E-state index contributed by atoms with van der Waals surface area (Å²) in [6.45, 7) is 2.91. The van der Waals surface area contributed by atoms with Crippen LogP contribution in [0.2, 0.25) is 0 Å². The van der Waals surface area contributed by atoms with Crippen molar-refractivity contribution in [2.75, 3.05) is 11.9 Å². The van der Waals surface area contributed by atoms with Gasteiger partial charge in [-0.25, -0.2) is 9.97 Å². The summed E-state index contributed by atoms with van der Waals surface area (Å²) >= 11 is 0. The third kappa shape index (κ3) is 2.57. The minimum atomic E-state index is 0.753. The standard InChI is InChI=1S/C13H15N3/c1-11-4-6-12(7-5-11)10-16(2)13-14-8-3-9-15-13/h3-9H,10H2,1-2H3. The predicted octanol–water partition coefficient (Wildman–Crippen LogP) is 2.42. The molecule has 0 fully saturated rings. The van der Waals surface area contributed by atoms with E-state index in [0.717, 1.165) is 12.5 Å². The molecule has 0 aliphatic rings. The van der Waals surface area contributed by atoms with E-state index in [2.05, 4.69) is 41.2 Å². The summed E-state index contributed by atoms with van der Waals surface area (Å²) in [4.78, 5) is 10.4. The van der Waals surface area contributed by atoms with E-state index < -0.39 is 0 Å². The fourth-order valence-electron chi connectivity index (χ4n) is 1.53. The lowest BCUT2D eigenvalue weighted by Gasteiger charge is -2.16. The van der Waals surface area contributed by atoms with Crippen LogP contribution >= 0.6 is 0 Å². The van der Waals surface area contributed by atoms with Crippen molar-refractivity contribution in [1.29, 1.82) is 0 Å². The van der Waals surface area contributed by atoms with Crippen LogP contribution in [0.25, 0.3) is 0 Å². The van der Waals surface area contributed by atoms with Crippen LogP contribution in [-0.2, 0) is 6.54 Å². The molecule has 0 N–H and O–H groups in total. The molecule has 0 saturated heterocycles. The first-order valence-electron chi connectivity index (χ1n) is 5.29. The Morgan fingerprint density at radius 1 is 1.06 bits per heavy atom. The van der Waals surface area contributed by atoms with Gasteiger partial charge >= 0.3 is 0 Å². The van der Waals surface area contributed by atoms with E-state index in [9.17, 15) is 0 Å². The van der Waals surface area contributed by atoms with Gasteiger partial charge in [0.2, 0.25) is 5.95 Å². The van der Waals surface area contributed by atoms with E-state index in [-0.39, 0.29) is 0 Å². The Bertz CT molecular complexity index is 436. The van der Waals surface area contributed by atoms with Crippen molar-refractivity contribution in [2.45, 2.75) is 13.5 Å². The van der Waals surface area contributed by atoms with Crippen LogP contribution in [0, 0.1) is 6.92 Å². The van der Waals surface area contributed by atoms with Crippen LogP contribution in [0.5, 0.6) is 0 Å². The summed E-state index contributed by atoms with van der Waals surface area (Å²) in [5.74, 6) is 0.753. The minimum absolute atomic E-state index is 0.753. The second kappa shape index (κ2) is 4.75. The van der Waals surface area contributed by atoms with E-state index in [1.807, 2.05) is 18.0 Å². The number of hydrogen-bond acceptors (Lipinski definition) is 3. The number of anilines is 1. The van der Waals surface area contributed by atoms with Gasteiger partial charge in [0.05, 0.1) is 0 Å². The number of hydrogen-bond donors (Lipinski definition) is 0. The second-order valence-corrected chi connectivity index (χ2v) is 3.89. The van der Waals surface area contributed by atoms with Crippen molar-refractivity contribution in [1.82, 2.24) is 9.97 Å². The highest BCUT2D eigenvalue weighted by atomic mass is 15.2. The number of benzene rings is 1. The van der Waals surface area contributed by atoms with Crippen LogP contribution < -0.4 is 4.90 Å². The predicted molar refractivity (Wildman–Crippen MR) is 65.3 cm³/mol. The third-order valence-corrected chi connectivity index (χ3v) is 2.43. The van der Waals surface area contributed by atoms with E-state index in [1.54, 1.807) is 12.4 Å². The summed E-state index contributed by atoms with van der Waals surface area (Å²) in [6, 6.07) is 10.3. The monoisotopic (exact) mass is 213 g/mol. The number of nitrogens with zero attached hydrogens (tertiary/aromatic N) is 3. The second-order valence-electron chi connectivity index (χ2n) is 3.89. The normalized spacial score (nSPS) is 10.1. The van der Waals surface area contributed by atoms with Gasteiger partial charge in [-0.3, -0.25) is 0 Å². The average Bonchev–Trinajstić information content (AvgIpc) is 2.33. The molecule has 82 valence electrons. The Balaban J connectivity index is 2.08. The maximum atomic E-state index is 4.21. The largest absolute Gasteiger partial charge is 0.340 e. The molecule has 0 amide bonds. The van der Waals surface area contributed by atoms with Crippen molar-refractivity contribution >= 4 is 5.95 Å². The molecule has 1 aromatic heterocycles. The van der Waals surface area contributed by atoms with Crippen LogP contribution in [-0.4, -0.2) is 17.0 Å². The average molecular weight is 213 g/mol. The Hall–Kier alpha value is -1.90. The minimum Gasteiger partial charge on any atom is -0.340 e. The van der Waals surface area contributed by atoms with Crippen LogP contribution in [0.15, 0.2) is 42.7 Å². The van der Waals surface area contributed by atoms with Gasteiger partial charge in [-0.15, -0.1) is 0 Å². The van der Waals surface area contributed by atoms with Gasteiger partial charge in [0.1, 0.15) is 0 Å². The molecule has 3 heteroatoms. The summed E-state index contributed by atoms with van der Waals surface area (Å²) in [6.07, 6.45) is 3.52. The molecule has 16 heavy (non-hydrogen) atoms. The molecule has 0 atom stereocenters. The summed E-state index contributed by atoms with van der Waals surface area (Å²) < 4.78 is 0. The SMILES string of the molecule is Cc1ccc(CN(C)c2ncccn2)cc1. The molecule has 1 heterocycles. The van der Waals surface area contributed by atoms with Gasteiger partial charge in [-0.2, -0.15) is 0 Å². The Morgan fingerprint density at radius 3 is 2.31 bits per heavy atom. The first-order valence-corrected chi connectivity index (χ1v) is 5.29. The molecule has 0 aliphatic heterocycles. The topological polar surface area (TPSA) is 29.0 Å². The summed E-state index contributed by atoms with van der Waals surface area (Å²) in [5.41, 5.74) is 2.54. The summed E-state index contributed by atoms with van der Waals surface area (Å²) in [7, 11) is 2.00. The van der Waals surface area contributed by atoms with Gasteiger partial charge in [-0.05, 0) is 18.6 Å². The molecule has 0 aliphatic carbocycles. The van der Waals surface area contributed by atoms with Crippen molar-refractivity contribution in [2.24, 2.45) is 0 Å². The molecule has 2 rings (SSSR count). The number of aryl methyl sites for hydroxylation is 1. The van der Waals surface area contributed by atoms with Gasteiger partial charge in [0.25, 0.3) is 0 Å². The van der Waals surface area contributed by atoms with Crippen molar-refractivity contribution in [3.8, 4) is 0 Å².